The van der Waals surface area contributed by atoms with Gasteiger partial charge in [0.1, 0.15) is 0 Å². The van der Waals surface area contributed by atoms with Crippen molar-refractivity contribution in [1.29, 1.82) is 0 Å². The number of nitrogens with two attached hydrogens (primary N) is 1. The van der Waals surface area contributed by atoms with Crippen LogP contribution in [0.2, 0.25) is 0 Å². The summed E-state index contributed by atoms with van der Waals surface area (Å²) in [7, 11) is 2.20. The van der Waals surface area contributed by atoms with Crippen molar-refractivity contribution in [1.82, 2.24) is 4.90 Å². The van der Waals surface area contributed by atoms with Crippen molar-refractivity contribution in [2.24, 2.45) is 11.7 Å². The average molecular weight is 242 g/mol. The zero-order valence-corrected chi connectivity index (χ0v) is 11.9. The van der Waals surface area contributed by atoms with Crippen LogP contribution in [0.4, 0.5) is 0 Å². The molecule has 102 valence electrons. The second-order valence-corrected chi connectivity index (χ2v) is 6.25. The van der Waals surface area contributed by atoms with E-state index in [1.54, 1.807) is 0 Å². The van der Waals surface area contributed by atoms with E-state index >= 15 is 0 Å². The molecule has 0 heterocycles. The van der Waals surface area contributed by atoms with Crippen molar-refractivity contribution in [3.8, 4) is 0 Å². The molecule has 1 fully saturated rings. The van der Waals surface area contributed by atoms with Crippen molar-refractivity contribution in [3.05, 3.63) is 0 Å². The molecule has 0 aromatic heterocycles. The Morgan fingerprint density at radius 2 is 2.00 bits per heavy atom. The van der Waals surface area contributed by atoms with Crippen molar-refractivity contribution >= 4 is 0 Å². The van der Waals surface area contributed by atoms with E-state index in [1.807, 2.05) is 6.92 Å². The highest BCUT2D eigenvalue weighted by atomic mass is 16.3. The summed E-state index contributed by atoms with van der Waals surface area (Å²) in [5.41, 5.74) is 4.86. The maximum absolute atomic E-state index is 10.1. The van der Waals surface area contributed by atoms with Crippen molar-refractivity contribution < 1.29 is 5.11 Å². The molecule has 1 saturated carbocycles. The van der Waals surface area contributed by atoms with Gasteiger partial charge in [0.15, 0.2) is 0 Å². The van der Waals surface area contributed by atoms with E-state index in [-0.39, 0.29) is 0 Å². The van der Waals surface area contributed by atoms with Gasteiger partial charge in [-0.05, 0) is 46.1 Å². The molecule has 0 aromatic carbocycles. The van der Waals surface area contributed by atoms with Crippen LogP contribution in [-0.4, -0.2) is 41.3 Å². The van der Waals surface area contributed by atoms with Gasteiger partial charge < -0.3 is 15.7 Å². The lowest BCUT2D eigenvalue weighted by molar-refractivity contribution is 0.0139. The second-order valence-electron chi connectivity index (χ2n) is 6.25. The first-order chi connectivity index (χ1) is 7.87. The lowest BCUT2D eigenvalue weighted by atomic mass is 9.84. The third kappa shape index (κ3) is 4.23. The van der Waals surface area contributed by atoms with Crippen LogP contribution in [0.3, 0.4) is 0 Å². The van der Waals surface area contributed by atoms with E-state index in [4.69, 9.17) is 5.73 Å². The SMILES string of the molecule is CC1CCCCC1N(C)C(C)CC(C)(O)CN. The van der Waals surface area contributed by atoms with E-state index in [1.165, 1.54) is 25.7 Å². The minimum absolute atomic E-state index is 0.339. The lowest BCUT2D eigenvalue weighted by Crippen LogP contribution is -2.48. The molecule has 0 aliphatic heterocycles. The third-order valence-corrected chi connectivity index (χ3v) is 4.46. The molecule has 4 atom stereocenters. The molecule has 1 aliphatic carbocycles. The van der Waals surface area contributed by atoms with Crippen molar-refractivity contribution in [3.63, 3.8) is 0 Å². The number of nitrogens with zero attached hydrogens (tertiary/aromatic N) is 1. The molecule has 4 unspecified atom stereocenters. The van der Waals surface area contributed by atoms with Crippen LogP contribution in [0.1, 0.15) is 52.9 Å². The maximum Gasteiger partial charge on any atom is 0.0756 e. The highest BCUT2D eigenvalue weighted by molar-refractivity contribution is 4.86. The van der Waals surface area contributed by atoms with Crippen LogP contribution in [0.15, 0.2) is 0 Å². The Morgan fingerprint density at radius 3 is 2.53 bits per heavy atom. The summed E-state index contributed by atoms with van der Waals surface area (Å²) in [6, 6.07) is 1.06. The van der Waals surface area contributed by atoms with Crippen LogP contribution < -0.4 is 5.73 Å². The van der Waals surface area contributed by atoms with Crippen LogP contribution in [0.5, 0.6) is 0 Å². The molecule has 0 spiro atoms. The molecule has 0 amide bonds. The summed E-state index contributed by atoms with van der Waals surface area (Å²) >= 11 is 0. The van der Waals surface area contributed by atoms with Crippen LogP contribution in [0, 0.1) is 5.92 Å². The van der Waals surface area contributed by atoms with Gasteiger partial charge in [-0.25, -0.2) is 0 Å². The Bertz CT molecular complexity index is 230. The van der Waals surface area contributed by atoms with E-state index in [0.717, 1.165) is 12.3 Å². The smallest absolute Gasteiger partial charge is 0.0756 e. The first-order valence-electron chi connectivity index (χ1n) is 7.02. The third-order valence-electron chi connectivity index (χ3n) is 4.46. The predicted octanol–water partition coefficient (Wildman–Crippen LogP) is 1.99. The molecule has 1 rings (SSSR count). The van der Waals surface area contributed by atoms with E-state index in [2.05, 4.69) is 25.8 Å². The van der Waals surface area contributed by atoms with Gasteiger partial charge in [-0.15, -0.1) is 0 Å². The Kier molecular flexibility index (Phi) is 5.42. The minimum Gasteiger partial charge on any atom is -0.389 e. The quantitative estimate of drug-likeness (QED) is 0.775. The first-order valence-corrected chi connectivity index (χ1v) is 7.02. The highest BCUT2D eigenvalue weighted by Gasteiger charge is 2.30. The Balaban J connectivity index is 2.53. The number of hydrogen-bond donors (Lipinski definition) is 2. The molecule has 0 aromatic rings. The highest BCUT2D eigenvalue weighted by Crippen LogP contribution is 2.29. The van der Waals surface area contributed by atoms with E-state index in [9.17, 15) is 5.11 Å². The zero-order chi connectivity index (χ0) is 13.1. The van der Waals surface area contributed by atoms with Crippen molar-refractivity contribution in [2.75, 3.05) is 13.6 Å². The number of rotatable bonds is 5. The Morgan fingerprint density at radius 1 is 1.41 bits per heavy atom. The summed E-state index contributed by atoms with van der Waals surface area (Å²) < 4.78 is 0. The molecule has 1 aliphatic rings. The molecule has 0 radical (unpaired) electrons. The van der Waals surface area contributed by atoms with Gasteiger partial charge in [0.05, 0.1) is 5.60 Å². The maximum atomic E-state index is 10.1. The van der Waals surface area contributed by atoms with Gasteiger partial charge in [-0.3, -0.25) is 0 Å². The topological polar surface area (TPSA) is 49.5 Å². The molecule has 3 N–H and O–H groups in total. The normalized spacial score (nSPS) is 31.2. The Hall–Kier alpha value is -0.120. The van der Waals surface area contributed by atoms with Gasteiger partial charge in [-0.1, -0.05) is 19.8 Å². The summed E-state index contributed by atoms with van der Waals surface area (Å²) in [6.07, 6.45) is 6.12. The second kappa shape index (κ2) is 6.17. The predicted molar refractivity (Wildman–Crippen MR) is 72.9 cm³/mol. The van der Waals surface area contributed by atoms with E-state index < -0.39 is 5.60 Å². The monoisotopic (exact) mass is 242 g/mol. The molecule has 17 heavy (non-hydrogen) atoms. The fourth-order valence-corrected chi connectivity index (χ4v) is 3.09. The molecule has 0 bridgehead atoms. The van der Waals surface area contributed by atoms with Crippen LogP contribution in [-0.2, 0) is 0 Å². The summed E-state index contributed by atoms with van der Waals surface area (Å²) in [4.78, 5) is 2.45. The number of aliphatic hydroxyl groups is 1. The molecule has 3 nitrogen and oxygen atoms in total. The lowest BCUT2D eigenvalue weighted by Gasteiger charge is -2.41. The fourth-order valence-electron chi connectivity index (χ4n) is 3.09. The zero-order valence-electron chi connectivity index (χ0n) is 11.9. The minimum atomic E-state index is -0.731. The first kappa shape index (κ1) is 14.9. The fraction of sp³-hybridized carbons (Fsp3) is 1.00. The van der Waals surface area contributed by atoms with E-state index in [0.29, 0.717) is 18.6 Å². The van der Waals surface area contributed by atoms with Gasteiger partial charge in [0.2, 0.25) is 0 Å². The largest absolute Gasteiger partial charge is 0.389 e. The summed E-state index contributed by atoms with van der Waals surface area (Å²) in [5, 5.41) is 10.1. The van der Waals surface area contributed by atoms with Crippen molar-refractivity contribution in [2.45, 2.75) is 70.6 Å². The van der Waals surface area contributed by atoms with Gasteiger partial charge in [0.25, 0.3) is 0 Å². The van der Waals surface area contributed by atoms with Crippen LogP contribution in [0.25, 0.3) is 0 Å². The molecular weight excluding hydrogens is 212 g/mol. The van der Waals surface area contributed by atoms with Gasteiger partial charge in [-0.2, -0.15) is 0 Å². The molecule has 0 saturated heterocycles. The summed E-state index contributed by atoms with van der Waals surface area (Å²) in [5.74, 6) is 0.777. The molecular formula is C14H30N2O. The van der Waals surface area contributed by atoms with Crippen LogP contribution >= 0.6 is 0 Å². The molecule has 3 heteroatoms. The Labute approximate surface area is 106 Å². The average Bonchev–Trinajstić information content (AvgIpc) is 2.28. The standard InChI is InChI=1S/C14H30N2O/c1-11-7-5-6-8-13(11)16(4)12(2)9-14(3,17)10-15/h11-13,17H,5-10,15H2,1-4H3. The summed E-state index contributed by atoms with van der Waals surface area (Å²) in [6.45, 7) is 6.73. The van der Waals surface area contributed by atoms with Gasteiger partial charge >= 0.3 is 0 Å². The van der Waals surface area contributed by atoms with Gasteiger partial charge in [0, 0.05) is 18.6 Å². The number of hydrogen-bond acceptors (Lipinski definition) is 3.